The smallest absolute Gasteiger partial charge is 0.261 e. The van der Waals surface area contributed by atoms with Crippen LogP contribution in [0.1, 0.15) is 101 Å². The molecule has 0 N–H and O–H groups in total. The van der Waals surface area contributed by atoms with Crippen LogP contribution in [0.4, 0.5) is 0 Å². The molecule has 16 rings (SSSR count). The van der Waals surface area contributed by atoms with Gasteiger partial charge < -0.3 is 0 Å². The second kappa shape index (κ2) is 16.9. The molecule has 4 aliphatic heterocycles. The number of nitrogens with zero attached hydrogens (tertiary/aromatic N) is 4. The Morgan fingerprint density at radius 2 is 0.456 bits per heavy atom. The van der Waals surface area contributed by atoms with Crippen LogP contribution in [-0.4, -0.2) is 94.0 Å². The van der Waals surface area contributed by atoms with Crippen LogP contribution in [0.5, 0.6) is 0 Å². The van der Waals surface area contributed by atoms with Crippen LogP contribution in [-0.2, 0) is 12.8 Å². The van der Waals surface area contributed by atoms with E-state index >= 15 is 0 Å². The summed E-state index contributed by atoms with van der Waals surface area (Å²) < 4.78 is 0. The van der Waals surface area contributed by atoms with E-state index in [2.05, 4.69) is 0 Å². The number of imide groups is 4. The van der Waals surface area contributed by atoms with Crippen molar-refractivity contribution in [3.05, 3.63) is 213 Å². The minimum Gasteiger partial charge on any atom is -0.277 e. The molecule has 0 saturated carbocycles. The number of amides is 8. The molecule has 0 radical (unpaired) electrons. The highest BCUT2D eigenvalue weighted by atomic mass is 16.2. The van der Waals surface area contributed by atoms with Crippen molar-refractivity contribution < 1.29 is 38.4 Å². The molecule has 12 aromatic rings. The molecule has 0 aromatic heterocycles. The first-order valence-corrected chi connectivity index (χ1v) is 25.8. The van der Waals surface area contributed by atoms with Crippen molar-refractivity contribution in [1.29, 1.82) is 0 Å². The van der Waals surface area contributed by atoms with Crippen molar-refractivity contribution in [2.45, 2.75) is 20.3 Å². The lowest BCUT2D eigenvalue weighted by atomic mass is 9.82. The summed E-state index contributed by atoms with van der Waals surface area (Å²) in [5, 5.41) is 13.2. The van der Waals surface area contributed by atoms with Crippen molar-refractivity contribution in [2.24, 2.45) is 0 Å². The Morgan fingerprint density at radius 1 is 0.253 bits per heavy atom. The highest BCUT2D eigenvalue weighted by Gasteiger charge is 2.38. The van der Waals surface area contributed by atoms with Crippen LogP contribution < -0.4 is 0 Å². The topological polar surface area (TPSA) is 150 Å². The fourth-order valence-corrected chi connectivity index (χ4v) is 13.1. The van der Waals surface area contributed by atoms with E-state index in [9.17, 15) is 38.4 Å². The Hall–Kier alpha value is -10.2. The molecule has 0 unspecified atom stereocenters. The normalized spacial score (nSPS) is 14.9. The second-order valence-electron chi connectivity index (χ2n) is 20.6. The zero-order valence-corrected chi connectivity index (χ0v) is 41.9. The Morgan fingerprint density at radius 3 is 0.671 bits per heavy atom. The van der Waals surface area contributed by atoms with Crippen molar-refractivity contribution in [2.75, 3.05) is 27.2 Å². The number of carbonyl (C=O) groups excluding carboxylic acids is 8. The van der Waals surface area contributed by atoms with E-state index in [0.29, 0.717) is 92.0 Å². The van der Waals surface area contributed by atoms with Crippen LogP contribution >= 0.6 is 0 Å². The number of benzene rings is 12. The van der Waals surface area contributed by atoms with Gasteiger partial charge in [-0.05, 0) is 137 Å². The molecule has 79 heavy (non-hydrogen) atoms. The molecule has 0 aliphatic carbocycles. The van der Waals surface area contributed by atoms with Gasteiger partial charge in [0.2, 0.25) is 0 Å². The first-order chi connectivity index (χ1) is 37.9. The van der Waals surface area contributed by atoms with E-state index in [1.807, 2.05) is 133 Å². The SMILES string of the molecule is C.CN1C(=O)c2ccc3c4ccc5c6c(ccc(c7ccc(c2c37)C1=O)c64)C(=O)N(C)C5=O.O=C1c2ccc3c4ccc5c6c(ccc(c7ccc(c2c37)C(=O)N1CCc1ccccc1)c64)C(=O)N(CCc1ccccc1)C5=O. The van der Waals surface area contributed by atoms with E-state index < -0.39 is 0 Å². The zero-order valence-electron chi connectivity index (χ0n) is 41.9. The van der Waals surface area contributed by atoms with Gasteiger partial charge in [0, 0.05) is 93.2 Å². The second-order valence-corrected chi connectivity index (χ2v) is 20.6. The highest BCUT2D eigenvalue weighted by Crippen LogP contribution is 2.48. The summed E-state index contributed by atoms with van der Waals surface area (Å²) in [6.07, 6.45) is 1.16. The fourth-order valence-electron chi connectivity index (χ4n) is 13.1. The van der Waals surface area contributed by atoms with Gasteiger partial charge in [0.05, 0.1) is 0 Å². The highest BCUT2D eigenvalue weighted by molar-refractivity contribution is 6.43. The standard InChI is InChI=1S/C40H26N2O4.C26H14N2O4.CH4/c43-37-29-15-11-25-27-13-17-31-36-32(40(46)42(39(31)45)22-20-24-9-5-2-6-10-24)18-14-28(34(27)36)26-12-16-30(35(29)33(25)26)38(44)41(37)21-19-23-7-3-1-4-8-23;1-27-23(29)15-7-3-11-13-5-9-17-22-18(26(32)28(2)25(17)31)10-6-14(20(13)22)12-4-8-16(24(27)30)21(15)19(11)12;/h1-18H,19-22H2;3-10H,1-2H3;1H4. The molecule has 12 heteroatoms. The number of carbonyl (C=O) groups is 8. The Kier molecular flexibility index (Phi) is 10.1. The average Bonchev–Trinajstić information content (AvgIpc) is 2.71. The lowest BCUT2D eigenvalue weighted by Crippen LogP contribution is -2.41. The monoisotopic (exact) mass is 1030 g/mol. The van der Waals surface area contributed by atoms with Crippen LogP contribution in [0.3, 0.4) is 0 Å². The fraction of sp³-hybridized carbons (Fsp3) is 0.104. The molecular weight excluding hydrogens is 989 g/mol. The van der Waals surface area contributed by atoms with Gasteiger partial charge in [-0.2, -0.15) is 0 Å². The van der Waals surface area contributed by atoms with Gasteiger partial charge in [-0.1, -0.05) is 117 Å². The maximum atomic E-state index is 13.8. The summed E-state index contributed by atoms with van der Waals surface area (Å²) in [5.41, 5.74) is 6.18. The van der Waals surface area contributed by atoms with Crippen LogP contribution in [0.2, 0.25) is 0 Å². The number of hydrogen-bond acceptors (Lipinski definition) is 8. The quantitative estimate of drug-likeness (QED) is 0.0907. The molecule has 12 aromatic carbocycles. The number of hydrogen-bond donors (Lipinski definition) is 0. The van der Waals surface area contributed by atoms with Gasteiger partial charge in [-0.3, -0.25) is 58.0 Å². The summed E-state index contributed by atoms with van der Waals surface area (Å²) in [4.78, 5) is 112. The third-order valence-electron chi connectivity index (χ3n) is 16.8. The summed E-state index contributed by atoms with van der Waals surface area (Å²) in [7, 11) is 2.99. The molecule has 8 amide bonds. The van der Waals surface area contributed by atoms with Crippen LogP contribution in [0.25, 0.3) is 86.2 Å². The molecule has 0 saturated heterocycles. The van der Waals surface area contributed by atoms with E-state index in [0.717, 1.165) is 85.6 Å². The summed E-state index contributed by atoms with van der Waals surface area (Å²) in [6.45, 7) is 0.592. The van der Waals surface area contributed by atoms with Crippen molar-refractivity contribution in [3.8, 4) is 0 Å². The van der Waals surface area contributed by atoms with Crippen molar-refractivity contribution >= 4 is 133 Å². The average molecular weight is 1030 g/mol. The van der Waals surface area contributed by atoms with Crippen LogP contribution in [0.15, 0.2) is 158 Å². The largest absolute Gasteiger partial charge is 0.277 e. The predicted octanol–water partition coefficient (Wildman–Crippen LogP) is 12.2. The third kappa shape index (κ3) is 6.30. The molecule has 0 spiro atoms. The van der Waals surface area contributed by atoms with Crippen molar-refractivity contribution in [3.63, 3.8) is 0 Å². The van der Waals surface area contributed by atoms with Crippen LogP contribution in [0, 0.1) is 0 Å². The van der Waals surface area contributed by atoms with Gasteiger partial charge in [0.25, 0.3) is 47.3 Å². The van der Waals surface area contributed by atoms with Gasteiger partial charge in [-0.15, -0.1) is 0 Å². The molecule has 4 heterocycles. The zero-order chi connectivity index (χ0) is 53.2. The first kappa shape index (κ1) is 47.3. The third-order valence-corrected chi connectivity index (χ3v) is 16.8. The summed E-state index contributed by atoms with van der Waals surface area (Å²) in [6, 6.07) is 49.4. The van der Waals surface area contributed by atoms with Crippen molar-refractivity contribution in [1.82, 2.24) is 19.6 Å². The van der Waals surface area contributed by atoms with Gasteiger partial charge >= 0.3 is 0 Å². The lowest BCUT2D eigenvalue weighted by Gasteiger charge is -2.30. The molecule has 0 bridgehead atoms. The molecule has 0 atom stereocenters. The summed E-state index contributed by atoms with van der Waals surface area (Å²) in [5.74, 6) is -2.44. The molecule has 0 fully saturated rings. The maximum Gasteiger partial charge on any atom is 0.261 e. The minimum atomic E-state index is -0.318. The summed E-state index contributed by atoms with van der Waals surface area (Å²) >= 11 is 0. The Balaban J connectivity index is 0.000000150. The van der Waals surface area contributed by atoms with Gasteiger partial charge in [-0.25, -0.2) is 0 Å². The molecule has 4 aliphatic rings. The molecular formula is C67H44N4O8. The Bertz CT molecular complexity index is 4290. The first-order valence-electron chi connectivity index (χ1n) is 25.8. The minimum absolute atomic E-state index is 0. The van der Waals surface area contributed by atoms with Gasteiger partial charge in [0.15, 0.2) is 0 Å². The number of fused-ring (bicyclic) bond motifs is 4. The lowest BCUT2D eigenvalue weighted by molar-refractivity contribution is 0.0597. The molecule has 380 valence electrons. The van der Waals surface area contributed by atoms with E-state index in [-0.39, 0.29) is 54.7 Å². The van der Waals surface area contributed by atoms with Gasteiger partial charge in [0.1, 0.15) is 0 Å². The van der Waals surface area contributed by atoms with E-state index in [1.54, 1.807) is 24.3 Å². The maximum absolute atomic E-state index is 13.8. The van der Waals surface area contributed by atoms with E-state index in [1.165, 1.54) is 23.9 Å². The molecule has 12 nitrogen and oxygen atoms in total. The van der Waals surface area contributed by atoms with E-state index in [4.69, 9.17) is 0 Å². The number of rotatable bonds is 6. The Labute approximate surface area is 450 Å². The predicted molar refractivity (Wildman–Crippen MR) is 306 cm³/mol.